The Morgan fingerprint density at radius 2 is 2.45 bits per heavy atom. The lowest BCUT2D eigenvalue weighted by atomic mass is 10.0. The molecule has 0 radical (unpaired) electrons. The van der Waals surface area contributed by atoms with Gasteiger partial charge in [0, 0.05) is 19.3 Å². The van der Waals surface area contributed by atoms with Crippen molar-refractivity contribution in [3.05, 3.63) is 23.5 Å². The van der Waals surface area contributed by atoms with E-state index in [0.29, 0.717) is 23.7 Å². The van der Waals surface area contributed by atoms with Crippen LogP contribution in [-0.2, 0) is 4.74 Å². The third-order valence-corrected chi connectivity index (χ3v) is 3.58. The zero-order valence-corrected chi connectivity index (χ0v) is 11.4. The van der Waals surface area contributed by atoms with Crippen molar-refractivity contribution >= 4 is 17.0 Å². The van der Waals surface area contributed by atoms with Gasteiger partial charge in [-0.25, -0.2) is 4.98 Å². The van der Waals surface area contributed by atoms with Crippen LogP contribution in [0.25, 0.3) is 11.1 Å². The summed E-state index contributed by atoms with van der Waals surface area (Å²) in [4.78, 5) is 16.2. The number of carbonyl (C=O) groups excluding carboxylic acids is 1. The van der Waals surface area contributed by atoms with Gasteiger partial charge in [-0.1, -0.05) is 5.16 Å². The Morgan fingerprint density at radius 1 is 1.55 bits per heavy atom. The first-order valence-corrected chi connectivity index (χ1v) is 6.82. The molecule has 1 aliphatic rings. The van der Waals surface area contributed by atoms with Gasteiger partial charge in [-0.15, -0.1) is 0 Å². The summed E-state index contributed by atoms with van der Waals surface area (Å²) >= 11 is 0. The van der Waals surface area contributed by atoms with Crippen molar-refractivity contribution in [3.8, 4) is 0 Å². The molecule has 1 saturated heterocycles. The molecule has 0 spiro atoms. The molecule has 1 unspecified atom stereocenters. The highest BCUT2D eigenvalue weighted by molar-refractivity contribution is 5.96. The van der Waals surface area contributed by atoms with Crippen molar-refractivity contribution in [2.45, 2.75) is 19.8 Å². The molecule has 0 saturated carbocycles. The molecule has 1 aliphatic heterocycles. The minimum atomic E-state index is -0.120. The molecular formula is C14H17N3O3. The smallest absolute Gasteiger partial charge is 0.257 e. The number of nitrogens with one attached hydrogen (secondary N) is 1. The summed E-state index contributed by atoms with van der Waals surface area (Å²) in [6.07, 6.45) is 3.68. The molecule has 1 fully saturated rings. The monoisotopic (exact) mass is 275 g/mol. The van der Waals surface area contributed by atoms with Crippen LogP contribution in [0.3, 0.4) is 0 Å². The third kappa shape index (κ3) is 2.65. The van der Waals surface area contributed by atoms with Gasteiger partial charge in [0.05, 0.1) is 23.3 Å². The highest BCUT2D eigenvalue weighted by Crippen LogP contribution is 2.17. The van der Waals surface area contributed by atoms with Crippen molar-refractivity contribution < 1.29 is 14.1 Å². The number of ether oxygens (including phenoxy) is 1. The van der Waals surface area contributed by atoms with Crippen molar-refractivity contribution in [1.29, 1.82) is 0 Å². The van der Waals surface area contributed by atoms with Crippen LogP contribution in [0.1, 0.15) is 28.9 Å². The molecule has 1 N–H and O–H groups in total. The topological polar surface area (TPSA) is 77.2 Å². The summed E-state index contributed by atoms with van der Waals surface area (Å²) in [6, 6.07) is 1.76. The molecule has 0 aliphatic carbocycles. The van der Waals surface area contributed by atoms with Crippen LogP contribution in [0.5, 0.6) is 0 Å². The van der Waals surface area contributed by atoms with E-state index in [0.717, 1.165) is 37.1 Å². The summed E-state index contributed by atoms with van der Waals surface area (Å²) in [6.45, 7) is 4.02. The number of rotatable bonds is 3. The molecule has 2 aromatic rings. The van der Waals surface area contributed by atoms with E-state index < -0.39 is 0 Å². The molecule has 1 atom stereocenters. The van der Waals surface area contributed by atoms with E-state index in [-0.39, 0.29) is 5.91 Å². The third-order valence-electron chi connectivity index (χ3n) is 3.58. The maximum Gasteiger partial charge on any atom is 0.257 e. The molecule has 2 aromatic heterocycles. The van der Waals surface area contributed by atoms with Gasteiger partial charge in [0.2, 0.25) is 0 Å². The highest BCUT2D eigenvalue weighted by Gasteiger charge is 2.16. The van der Waals surface area contributed by atoms with Crippen LogP contribution in [0.2, 0.25) is 0 Å². The molecule has 6 nitrogen and oxygen atoms in total. The van der Waals surface area contributed by atoms with Crippen molar-refractivity contribution in [2.75, 3.05) is 19.8 Å². The highest BCUT2D eigenvalue weighted by atomic mass is 16.5. The van der Waals surface area contributed by atoms with Gasteiger partial charge in [0.15, 0.2) is 0 Å². The Morgan fingerprint density at radius 3 is 3.25 bits per heavy atom. The Balaban J connectivity index is 1.67. The van der Waals surface area contributed by atoms with Crippen LogP contribution < -0.4 is 5.32 Å². The molecule has 3 rings (SSSR count). The Bertz CT molecular complexity index is 617. The van der Waals surface area contributed by atoms with E-state index in [1.54, 1.807) is 6.07 Å². The van der Waals surface area contributed by atoms with Crippen LogP contribution in [-0.4, -0.2) is 35.8 Å². The number of fused-ring (bicyclic) bond motifs is 1. The van der Waals surface area contributed by atoms with Crippen LogP contribution in [0.4, 0.5) is 0 Å². The molecule has 0 aromatic carbocycles. The summed E-state index contributed by atoms with van der Waals surface area (Å²) in [5.74, 6) is 0.285. The molecule has 20 heavy (non-hydrogen) atoms. The molecule has 3 heterocycles. The van der Waals surface area contributed by atoms with Crippen molar-refractivity contribution in [2.24, 2.45) is 5.92 Å². The van der Waals surface area contributed by atoms with Crippen LogP contribution in [0.15, 0.2) is 16.8 Å². The number of nitrogens with zero attached hydrogens (tertiary/aromatic N) is 2. The van der Waals surface area contributed by atoms with E-state index in [2.05, 4.69) is 15.5 Å². The van der Waals surface area contributed by atoms with Gasteiger partial charge in [0.1, 0.15) is 0 Å². The fourth-order valence-corrected chi connectivity index (χ4v) is 2.38. The normalized spacial score (nSPS) is 19.1. The van der Waals surface area contributed by atoms with Crippen molar-refractivity contribution in [1.82, 2.24) is 15.5 Å². The number of hydrogen-bond donors (Lipinski definition) is 1. The second kappa shape index (κ2) is 5.58. The Kier molecular flexibility index (Phi) is 3.64. The maximum absolute atomic E-state index is 12.1. The van der Waals surface area contributed by atoms with E-state index in [1.807, 2.05) is 6.92 Å². The van der Waals surface area contributed by atoms with Gasteiger partial charge >= 0.3 is 0 Å². The molecule has 6 heteroatoms. The van der Waals surface area contributed by atoms with Gasteiger partial charge in [0.25, 0.3) is 11.6 Å². The standard InChI is InChI=1S/C14H17N3O3/c1-9-12-5-11(7-16-14(12)20-17-9)13(18)15-6-10-3-2-4-19-8-10/h5,7,10H,2-4,6,8H2,1H3,(H,15,18). The zero-order valence-electron chi connectivity index (χ0n) is 11.4. The second-order valence-corrected chi connectivity index (χ2v) is 5.14. The average molecular weight is 275 g/mol. The lowest BCUT2D eigenvalue weighted by molar-refractivity contribution is 0.0536. The number of hydrogen-bond acceptors (Lipinski definition) is 5. The first-order valence-electron chi connectivity index (χ1n) is 6.82. The minimum absolute atomic E-state index is 0.120. The predicted molar refractivity (Wildman–Crippen MR) is 72.4 cm³/mol. The minimum Gasteiger partial charge on any atom is -0.381 e. The van der Waals surface area contributed by atoms with E-state index in [1.165, 1.54) is 6.20 Å². The number of amides is 1. The second-order valence-electron chi connectivity index (χ2n) is 5.14. The molecule has 1 amide bonds. The van der Waals surface area contributed by atoms with Crippen LogP contribution >= 0.6 is 0 Å². The number of aryl methyl sites for hydroxylation is 1. The Labute approximate surface area is 116 Å². The largest absolute Gasteiger partial charge is 0.381 e. The summed E-state index contributed by atoms with van der Waals surface area (Å²) in [7, 11) is 0. The summed E-state index contributed by atoms with van der Waals surface area (Å²) in [5.41, 5.74) is 1.73. The summed E-state index contributed by atoms with van der Waals surface area (Å²) in [5, 5.41) is 7.54. The quantitative estimate of drug-likeness (QED) is 0.922. The number of aromatic nitrogens is 2. The van der Waals surface area contributed by atoms with E-state index >= 15 is 0 Å². The Hall–Kier alpha value is -1.95. The van der Waals surface area contributed by atoms with Crippen molar-refractivity contribution in [3.63, 3.8) is 0 Å². The average Bonchev–Trinajstić information content (AvgIpc) is 2.87. The van der Waals surface area contributed by atoms with Gasteiger partial charge < -0.3 is 14.6 Å². The first kappa shape index (κ1) is 13.1. The lowest BCUT2D eigenvalue weighted by Gasteiger charge is -2.22. The van der Waals surface area contributed by atoms with Gasteiger partial charge in [-0.05, 0) is 31.7 Å². The van der Waals surface area contributed by atoms with E-state index in [4.69, 9.17) is 9.26 Å². The number of carbonyl (C=O) groups is 1. The van der Waals surface area contributed by atoms with Crippen LogP contribution in [0, 0.1) is 12.8 Å². The van der Waals surface area contributed by atoms with E-state index in [9.17, 15) is 4.79 Å². The lowest BCUT2D eigenvalue weighted by Crippen LogP contribution is -2.33. The fourth-order valence-electron chi connectivity index (χ4n) is 2.38. The zero-order chi connectivity index (χ0) is 13.9. The molecule has 0 bridgehead atoms. The number of pyridine rings is 1. The predicted octanol–water partition coefficient (Wildman–Crippen LogP) is 1.69. The SMILES string of the molecule is Cc1noc2ncc(C(=O)NCC3CCCOC3)cc12. The van der Waals surface area contributed by atoms with Gasteiger partial charge in [-0.2, -0.15) is 0 Å². The summed E-state index contributed by atoms with van der Waals surface area (Å²) < 4.78 is 10.4. The first-order chi connectivity index (χ1) is 9.74. The molecular weight excluding hydrogens is 258 g/mol. The fraction of sp³-hybridized carbons (Fsp3) is 0.500. The maximum atomic E-state index is 12.1. The van der Waals surface area contributed by atoms with Gasteiger partial charge in [-0.3, -0.25) is 4.79 Å². The molecule has 106 valence electrons.